The van der Waals surface area contributed by atoms with Crippen molar-refractivity contribution in [1.82, 2.24) is 10.5 Å². The highest BCUT2D eigenvalue weighted by atomic mass is 16.5. The number of carbonyl (C=O) groups excluding carboxylic acids is 1. The molecular weight excluding hydrogens is 232 g/mol. The molecule has 2 aromatic rings. The van der Waals surface area contributed by atoms with Gasteiger partial charge in [-0.3, -0.25) is 4.79 Å². The molecule has 0 atom stereocenters. The van der Waals surface area contributed by atoms with E-state index in [1.807, 2.05) is 24.3 Å². The van der Waals surface area contributed by atoms with Crippen LogP contribution in [0.3, 0.4) is 0 Å². The lowest BCUT2D eigenvalue weighted by molar-refractivity contribution is 0.0945. The molecule has 0 fully saturated rings. The van der Waals surface area contributed by atoms with E-state index in [1.165, 1.54) is 12.3 Å². The summed E-state index contributed by atoms with van der Waals surface area (Å²) in [5, 5.41) is 6.33. The fraction of sp³-hybridized carbons (Fsp3) is 0.231. The predicted octanol–water partition coefficient (Wildman–Crippen LogP) is 1.66. The average molecular weight is 246 g/mol. The Balaban J connectivity index is 1.87. The number of amides is 1. The molecule has 0 aliphatic heterocycles. The fourth-order valence-corrected chi connectivity index (χ4v) is 1.64. The molecule has 0 unspecified atom stereocenters. The summed E-state index contributed by atoms with van der Waals surface area (Å²) in [7, 11) is 1.63. The summed E-state index contributed by atoms with van der Waals surface area (Å²) >= 11 is 0. The number of hydrogen-bond acceptors (Lipinski definition) is 4. The number of nitrogens with one attached hydrogen (secondary N) is 1. The molecule has 18 heavy (non-hydrogen) atoms. The molecule has 0 aliphatic carbocycles. The summed E-state index contributed by atoms with van der Waals surface area (Å²) in [5.74, 6) is 0.590. The maximum Gasteiger partial charge on any atom is 0.273 e. The zero-order valence-corrected chi connectivity index (χ0v) is 10.1. The van der Waals surface area contributed by atoms with Crippen LogP contribution in [0.2, 0.25) is 0 Å². The van der Waals surface area contributed by atoms with Gasteiger partial charge in [0.25, 0.3) is 5.91 Å². The van der Waals surface area contributed by atoms with Crippen LogP contribution in [0.4, 0.5) is 0 Å². The second-order valence-electron chi connectivity index (χ2n) is 3.70. The summed E-state index contributed by atoms with van der Waals surface area (Å²) < 4.78 is 9.84. The van der Waals surface area contributed by atoms with Crippen LogP contribution in [0.1, 0.15) is 16.1 Å². The van der Waals surface area contributed by atoms with Crippen molar-refractivity contribution in [1.29, 1.82) is 0 Å². The van der Waals surface area contributed by atoms with E-state index in [0.29, 0.717) is 13.0 Å². The van der Waals surface area contributed by atoms with Crippen molar-refractivity contribution >= 4 is 5.91 Å². The van der Waals surface area contributed by atoms with Crippen LogP contribution in [0.15, 0.2) is 41.1 Å². The lowest BCUT2D eigenvalue weighted by Crippen LogP contribution is -2.26. The van der Waals surface area contributed by atoms with Crippen molar-refractivity contribution in [3.05, 3.63) is 47.9 Å². The molecule has 0 bridgehead atoms. The smallest absolute Gasteiger partial charge is 0.273 e. The summed E-state index contributed by atoms with van der Waals surface area (Å²) in [4.78, 5) is 11.6. The minimum Gasteiger partial charge on any atom is -0.496 e. The molecule has 0 saturated carbocycles. The van der Waals surface area contributed by atoms with E-state index in [2.05, 4.69) is 15.0 Å². The van der Waals surface area contributed by atoms with E-state index < -0.39 is 0 Å². The third kappa shape index (κ3) is 2.88. The normalized spacial score (nSPS) is 10.1. The van der Waals surface area contributed by atoms with Gasteiger partial charge in [0.2, 0.25) is 0 Å². The van der Waals surface area contributed by atoms with Crippen molar-refractivity contribution in [2.24, 2.45) is 0 Å². The van der Waals surface area contributed by atoms with Crippen LogP contribution in [-0.4, -0.2) is 24.7 Å². The Bertz CT molecular complexity index is 509. The Kier molecular flexibility index (Phi) is 3.96. The van der Waals surface area contributed by atoms with E-state index >= 15 is 0 Å². The molecule has 1 aromatic heterocycles. The molecule has 94 valence electrons. The van der Waals surface area contributed by atoms with Gasteiger partial charge in [-0.2, -0.15) is 0 Å². The van der Waals surface area contributed by atoms with Crippen molar-refractivity contribution < 1.29 is 14.1 Å². The fourth-order valence-electron chi connectivity index (χ4n) is 1.64. The zero-order chi connectivity index (χ0) is 12.8. The molecule has 0 aliphatic rings. The van der Waals surface area contributed by atoms with Gasteiger partial charge in [-0.05, 0) is 18.1 Å². The Hall–Kier alpha value is -2.30. The molecule has 0 radical (unpaired) electrons. The first kappa shape index (κ1) is 12.2. The number of nitrogens with zero attached hydrogens (tertiary/aromatic N) is 1. The predicted molar refractivity (Wildman–Crippen MR) is 65.5 cm³/mol. The van der Waals surface area contributed by atoms with Crippen LogP contribution in [-0.2, 0) is 6.42 Å². The summed E-state index contributed by atoms with van der Waals surface area (Å²) in [6.07, 6.45) is 2.07. The number of ether oxygens (including phenoxy) is 1. The van der Waals surface area contributed by atoms with Gasteiger partial charge < -0.3 is 14.6 Å². The van der Waals surface area contributed by atoms with Crippen LogP contribution >= 0.6 is 0 Å². The monoisotopic (exact) mass is 246 g/mol. The molecule has 0 saturated heterocycles. The average Bonchev–Trinajstić information content (AvgIpc) is 2.93. The van der Waals surface area contributed by atoms with Crippen molar-refractivity contribution in [3.8, 4) is 5.75 Å². The van der Waals surface area contributed by atoms with Crippen molar-refractivity contribution in [3.63, 3.8) is 0 Å². The number of aromatic nitrogens is 1. The lowest BCUT2D eigenvalue weighted by atomic mass is 10.1. The third-order valence-electron chi connectivity index (χ3n) is 2.54. The number of methoxy groups -OCH3 is 1. The Morgan fingerprint density at radius 3 is 2.94 bits per heavy atom. The topological polar surface area (TPSA) is 64.4 Å². The van der Waals surface area contributed by atoms with Gasteiger partial charge in [0.1, 0.15) is 12.0 Å². The van der Waals surface area contributed by atoms with Gasteiger partial charge in [-0.25, -0.2) is 0 Å². The third-order valence-corrected chi connectivity index (χ3v) is 2.54. The van der Waals surface area contributed by atoms with Gasteiger partial charge in [-0.15, -0.1) is 0 Å². The van der Waals surface area contributed by atoms with Gasteiger partial charge in [0, 0.05) is 12.6 Å². The van der Waals surface area contributed by atoms with Crippen molar-refractivity contribution in [2.45, 2.75) is 6.42 Å². The summed E-state index contributed by atoms with van der Waals surface area (Å²) in [6.45, 7) is 0.520. The Morgan fingerprint density at radius 1 is 1.39 bits per heavy atom. The summed E-state index contributed by atoms with van der Waals surface area (Å²) in [5.41, 5.74) is 1.34. The van der Waals surface area contributed by atoms with Gasteiger partial charge in [0.05, 0.1) is 7.11 Å². The second kappa shape index (κ2) is 5.86. The number of benzene rings is 1. The van der Waals surface area contributed by atoms with E-state index in [9.17, 15) is 4.79 Å². The van der Waals surface area contributed by atoms with E-state index in [1.54, 1.807) is 7.11 Å². The number of carbonyl (C=O) groups is 1. The summed E-state index contributed by atoms with van der Waals surface area (Å²) in [6, 6.07) is 9.25. The molecule has 1 aromatic carbocycles. The first-order chi connectivity index (χ1) is 8.81. The molecule has 0 spiro atoms. The minimum absolute atomic E-state index is 0.237. The maximum atomic E-state index is 11.6. The minimum atomic E-state index is -0.237. The molecule has 5 heteroatoms. The zero-order valence-electron chi connectivity index (χ0n) is 10.1. The maximum absolute atomic E-state index is 11.6. The molecule has 1 heterocycles. The van der Waals surface area contributed by atoms with Crippen LogP contribution in [0.5, 0.6) is 5.75 Å². The molecule has 1 N–H and O–H groups in total. The molecular formula is C13H14N2O3. The SMILES string of the molecule is COc1ccccc1CCNC(=O)c1ccon1. The van der Waals surface area contributed by atoms with Gasteiger partial charge >= 0.3 is 0 Å². The number of para-hydroxylation sites is 1. The van der Waals surface area contributed by atoms with Crippen LogP contribution in [0, 0.1) is 0 Å². The standard InChI is InChI=1S/C13H14N2O3/c1-17-12-5-3-2-4-10(12)6-8-14-13(16)11-7-9-18-15-11/h2-5,7,9H,6,8H2,1H3,(H,14,16). The van der Waals surface area contributed by atoms with E-state index in [0.717, 1.165) is 11.3 Å². The van der Waals surface area contributed by atoms with Crippen LogP contribution < -0.4 is 10.1 Å². The van der Waals surface area contributed by atoms with Crippen molar-refractivity contribution in [2.75, 3.05) is 13.7 Å². The molecule has 2 rings (SSSR count). The van der Waals surface area contributed by atoms with Crippen LogP contribution in [0.25, 0.3) is 0 Å². The van der Waals surface area contributed by atoms with Gasteiger partial charge in [-0.1, -0.05) is 23.4 Å². The highest BCUT2D eigenvalue weighted by Crippen LogP contribution is 2.17. The Morgan fingerprint density at radius 2 is 2.22 bits per heavy atom. The largest absolute Gasteiger partial charge is 0.496 e. The van der Waals surface area contributed by atoms with E-state index in [-0.39, 0.29) is 11.6 Å². The Labute approximate surface area is 105 Å². The first-order valence-electron chi connectivity index (χ1n) is 5.61. The van der Waals surface area contributed by atoms with Gasteiger partial charge in [0.15, 0.2) is 5.69 Å². The highest BCUT2D eigenvalue weighted by molar-refractivity contribution is 5.91. The number of rotatable bonds is 5. The molecule has 1 amide bonds. The lowest BCUT2D eigenvalue weighted by Gasteiger charge is -2.08. The molecule has 5 nitrogen and oxygen atoms in total. The highest BCUT2D eigenvalue weighted by Gasteiger charge is 2.08. The van der Waals surface area contributed by atoms with E-state index in [4.69, 9.17) is 4.74 Å². The first-order valence-corrected chi connectivity index (χ1v) is 5.61. The number of hydrogen-bond donors (Lipinski definition) is 1. The second-order valence-corrected chi connectivity index (χ2v) is 3.70. The quantitative estimate of drug-likeness (QED) is 0.871.